The predicted molar refractivity (Wildman–Crippen MR) is 77.3 cm³/mol. The minimum absolute atomic E-state index is 0.145. The molecule has 1 aromatic rings. The summed E-state index contributed by atoms with van der Waals surface area (Å²) in [4.78, 5) is 20.3. The molecule has 0 aliphatic rings. The van der Waals surface area contributed by atoms with Gasteiger partial charge < -0.3 is 10.6 Å². The normalized spacial score (nSPS) is 11.9. The zero-order chi connectivity index (χ0) is 14.1. The van der Waals surface area contributed by atoms with Gasteiger partial charge in [0, 0.05) is 18.8 Å². The van der Waals surface area contributed by atoms with Crippen LogP contribution in [0, 0.1) is 0 Å². The van der Waals surface area contributed by atoms with E-state index in [1.165, 1.54) is 12.8 Å². The molecule has 0 spiro atoms. The maximum Gasteiger partial charge on any atom is 0.270 e. The SMILES string of the molecule is CCCCCNc1nccc(C(=O)NC(C)CC)n1. The van der Waals surface area contributed by atoms with Gasteiger partial charge in [-0.3, -0.25) is 4.79 Å². The number of rotatable bonds is 8. The van der Waals surface area contributed by atoms with Gasteiger partial charge in [-0.2, -0.15) is 0 Å². The lowest BCUT2D eigenvalue weighted by atomic mass is 10.2. The molecule has 0 aliphatic heterocycles. The van der Waals surface area contributed by atoms with Crippen molar-refractivity contribution >= 4 is 11.9 Å². The third-order valence-electron chi connectivity index (χ3n) is 2.94. The number of amides is 1. The van der Waals surface area contributed by atoms with Crippen LogP contribution >= 0.6 is 0 Å². The molecule has 19 heavy (non-hydrogen) atoms. The van der Waals surface area contributed by atoms with Crippen LogP contribution in [0.25, 0.3) is 0 Å². The van der Waals surface area contributed by atoms with Crippen molar-refractivity contribution in [2.45, 2.75) is 52.5 Å². The number of nitrogens with one attached hydrogen (secondary N) is 2. The van der Waals surface area contributed by atoms with Crippen LogP contribution in [-0.4, -0.2) is 28.5 Å². The Labute approximate surface area is 115 Å². The molecule has 0 saturated carbocycles. The van der Waals surface area contributed by atoms with Crippen LogP contribution in [-0.2, 0) is 0 Å². The van der Waals surface area contributed by atoms with Gasteiger partial charge in [0.15, 0.2) is 0 Å². The topological polar surface area (TPSA) is 66.9 Å². The summed E-state index contributed by atoms with van der Waals surface area (Å²) in [6.45, 7) is 7.01. The molecule has 5 heteroatoms. The van der Waals surface area contributed by atoms with E-state index in [2.05, 4.69) is 27.5 Å². The van der Waals surface area contributed by atoms with Crippen LogP contribution in [0.2, 0.25) is 0 Å². The standard InChI is InChI=1S/C14H24N4O/c1-4-6-7-9-15-14-16-10-8-12(18-14)13(19)17-11(3)5-2/h8,10-11H,4-7,9H2,1-3H3,(H,17,19)(H,15,16,18). The Balaban J connectivity index is 2.53. The maximum atomic E-state index is 11.9. The second-order valence-corrected chi connectivity index (χ2v) is 4.68. The van der Waals surface area contributed by atoms with Crippen LogP contribution in [0.15, 0.2) is 12.3 Å². The lowest BCUT2D eigenvalue weighted by Crippen LogP contribution is -2.32. The molecule has 1 aromatic heterocycles. The van der Waals surface area contributed by atoms with Gasteiger partial charge in [-0.1, -0.05) is 26.7 Å². The summed E-state index contributed by atoms with van der Waals surface area (Å²) in [6.07, 6.45) is 5.96. The van der Waals surface area contributed by atoms with Crippen molar-refractivity contribution in [2.24, 2.45) is 0 Å². The first-order valence-electron chi connectivity index (χ1n) is 7.05. The average molecular weight is 264 g/mol. The van der Waals surface area contributed by atoms with E-state index in [0.29, 0.717) is 11.6 Å². The van der Waals surface area contributed by atoms with Crippen molar-refractivity contribution < 1.29 is 4.79 Å². The molecule has 1 rings (SSSR count). The fourth-order valence-corrected chi connectivity index (χ4v) is 1.55. The third-order valence-corrected chi connectivity index (χ3v) is 2.94. The highest BCUT2D eigenvalue weighted by Crippen LogP contribution is 2.03. The molecule has 0 radical (unpaired) electrons. The zero-order valence-electron chi connectivity index (χ0n) is 12.1. The van der Waals surface area contributed by atoms with E-state index in [1.807, 2.05) is 13.8 Å². The molecule has 1 unspecified atom stereocenters. The van der Waals surface area contributed by atoms with Gasteiger partial charge in [0.1, 0.15) is 5.69 Å². The minimum atomic E-state index is -0.145. The van der Waals surface area contributed by atoms with Crippen molar-refractivity contribution in [1.82, 2.24) is 15.3 Å². The highest BCUT2D eigenvalue weighted by Gasteiger charge is 2.10. The third kappa shape index (κ3) is 5.68. The van der Waals surface area contributed by atoms with Gasteiger partial charge in [-0.05, 0) is 25.8 Å². The van der Waals surface area contributed by atoms with Crippen molar-refractivity contribution in [3.8, 4) is 0 Å². The van der Waals surface area contributed by atoms with Gasteiger partial charge in [0.2, 0.25) is 5.95 Å². The molecule has 0 fully saturated rings. The summed E-state index contributed by atoms with van der Waals surface area (Å²) >= 11 is 0. The first-order valence-corrected chi connectivity index (χ1v) is 7.05. The van der Waals surface area contributed by atoms with Crippen molar-refractivity contribution in [3.63, 3.8) is 0 Å². The van der Waals surface area contributed by atoms with E-state index in [-0.39, 0.29) is 11.9 Å². The number of hydrogen-bond acceptors (Lipinski definition) is 4. The van der Waals surface area contributed by atoms with Gasteiger partial charge in [-0.25, -0.2) is 9.97 Å². The number of hydrogen-bond donors (Lipinski definition) is 2. The van der Waals surface area contributed by atoms with Crippen LogP contribution in [0.5, 0.6) is 0 Å². The fourth-order valence-electron chi connectivity index (χ4n) is 1.55. The van der Waals surface area contributed by atoms with E-state index < -0.39 is 0 Å². The van der Waals surface area contributed by atoms with E-state index in [9.17, 15) is 4.79 Å². The molecule has 0 aromatic carbocycles. The van der Waals surface area contributed by atoms with Gasteiger partial charge in [0.05, 0.1) is 0 Å². The first-order chi connectivity index (χ1) is 9.17. The molecule has 2 N–H and O–H groups in total. The number of nitrogens with zero attached hydrogens (tertiary/aromatic N) is 2. The highest BCUT2D eigenvalue weighted by molar-refractivity contribution is 5.92. The van der Waals surface area contributed by atoms with Crippen LogP contribution in [0.1, 0.15) is 56.9 Å². The number of carbonyl (C=O) groups is 1. The number of aromatic nitrogens is 2. The summed E-state index contributed by atoms with van der Waals surface area (Å²) in [5.74, 6) is 0.376. The fraction of sp³-hybridized carbons (Fsp3) is 0.643. The van der Waals surface area contributed by atoms with E-state index in [1.54, 1.807) is 12.3 Å². The summed E-state index contributed by atoms with van der Waals surface area (Å²) in [5, 5.41) is 6.03. The molecule has 0 saturated heterocycles. The molecule has 5 nitrogen and oxygen atoms in total. The summed E-state index contributed by atoms with van der Waals surface area (Å²) in [6, 6.07) is 1.79. The summed E-state index contributed by atoms with van der Waals surface area (Å²) in [5.41, 5.74) is 0.410. The molecule has 1 heterocycles. The van der Waals surface area contributed by atoms with Crippen LogP contribution in [0.4, 0.5) is 5.95 Å². The number of unbranched alkanes of at least 4 members (excludes halogenated alkanes) is 2. The number of carbonyl (C=O) groups excluding carboxylic acids is 1. The van der Waals surface area contributed by atoms with E-state index in [4.69, 9.17) is 0 Å². The molecule has 1 amide bonds. The van der Waals surface area contributed by atoms with Gasteiger partial charge in [-0.15, -0.1) is 0 Å². The van der Waals surface area contributed by atoms with E-state index >= 15 is 0 Å². The Bertz CT molecular complexity index is 395. The maximum absolute atomic E-state index is 11.9. The Hall–Kier alpha value is -1.65. The molecular weight excluding hydrogens is 240 g/mol. The van der Waals surface area contributed by atoms with Crippen molar-refractivity contribution in [1.29, 1.82) is 0 Å². The number of anilines is 1. The Morgan fingerprint density at radius 2 is 2.16 bits per heavy atom. The molecular formula is C14H24N4O. The van der Waals surface area contributed by atoms with E-state index in [0.717, 1.165) is 19.4 Å². The monoisotopic (exact) mass is 264 g/mol. The molecule has 106 valence electrons. The lowest BCUT2D eigenvalue weighted by molar-refractivity contribution is 0.0934. The lowest BCUT2D eigenvalue weighted by Gasteiger charge is -2.11. The average Bonchev–Trinajstić information content (AvgIpc) is 2.43. The first kappa shape index (κ1) is 15.4. The molecule has 0 bridgehead atoms. The second kappa shape index (κ2) is 8.45. The quantitative estimate of drug-likeness (QED) is 0.708. The largest absolute Gasteiger partial charge is 0.354 e. The van der Waals surface area contributed by atoms with Crippen molar-refractivity contribution in [3.05, 3.63) is 18.0 Å². The smallest absolute Gasteiger partial charge is 0.270 e. The van der Waals surface area contributed by atoms with Gasteiger partial charge >= 0.3 is 0 Å². The Kier molecular flexibility index (Phi) is 6.85. The Morgan fingerprint density at radius 3 is 2.84 bits per heavy atom. The van der Waals surface area contributed by atoms with Gasteiger partial charge in [0.25, 0.3) is 5.91 Å². The zero-order valence-corrected chi connectivity index (χ0v) is 12.1. The Morgan fingerprint density at radius 1 is 1.37 bits per heavy atom. The summed E-state index contributed by atoms with van der Waals surface area (Å²) < 4.78 is 0. The highest BCUT2D eigenvalue weighted by atomic mass is 16.1. The van der Waals surface area contributed by atoms with Crippen LogP contribution in [0.3, 0.4) is 0 Å². The van der Waals surface area contributed by atoms with Crippen molar-refractivity contribution in [2.75, 3.05) is 11.9 Å². The minimum Gasteiger partial charge on any atom is -0.354 e. The second-order valence-electron chi connectivity index (χ2n) is 4.68. The summed E-state index contributed by atoms with van der Waals surface area (Å²) in [7, 11) is 0. The molecule has 1 atom stereocenters. The predicted octanol–water partition coefficient (Wildman–Crippen LogP) is 2.61. The van der Waals surface area contributed by atoms with Crippen LogP contribution < -0.4 is 10.6 Å². The molecule has 0 aliphatic carbocycles.